The minimum absolute atomic E-state index is 0.0545. The second kappa shape index (κ2) is 8.47. The van der Waals surface area contributed by atoms with Crippen molar-refractivity contribution in [2.24, 2.45) is 5.92 Å². The van der Waals surface area contributed by atoms with Gasteiger partial charge < -0.3 is 14.4 Å². The largest absolute Gasteiger partial charge is 0.384 e. The maximum Gasteiger partial charge on any atom is 0.253 e. The lowest BCUT2D eigenvalue weighted by Crippen LogP contribution is -2.41. The van der Waals surface area contributed by atoms with Gasteiger partial charge in [-0.15, -0.1) is 0 Å². The van der Waals surface area contributed by atoms with E-state index in [1.807, 2.05) is 4.90 Å². The number of nitrogens with zero attached hydrogens (tertiary/aromatic N) is 2. The molecule has 0 spiro atoms. The number of ether oxygens (including phenoxy) is 2. The lowest BCUT2D eigenvalue weighted by atomic mass is 9.98. The first-order valence-electron chi connectivity index (χ1n) is 8.98. The van der Waals surface area contributed by atoms with Gasteiger partial charge in [-0.1, -0.05) is 0 Å². The molecule has 0 saturated carbocycles. The van der Waals surface area contributed by atoms with Crippen molar-refractivity contribution in [1.29, 1.82) is 0 Å². The van der Waals surface area contributed by atoms with Gasteiger partial charge in [0.05, 0.1) is 24.7 Å². The molecular formula is C18H26N2O5S. The van der Waals surface area contributed by atoms with Gasteiger partial charge >= 0.3 is 0 Å². The molecule has 1 unspecified atom stereocenters. The van der Waals surface area contributed by atoms with E-state index < -0.39 is 10.0 Å². The maximum atomic E-state index is 12.7. The molecule has 1 amide bonds. The van der Waals surface area contributed by atoms with E-state index in [0.29, 0.717) is 50.9 Å². The molecule has 0 aliphatic carbocycles. The van der Waals surface area contributed by atoms with Crippen molar-refractivity contribution in [2.45, 2.75) is 17.7 Å². The van der Waals surface area contributed by atoms with Gasteiger partial charge in [0.1, 0.15) is 0 Å². The second-order valence-electron chi connectivity index (χ2n) is 6.76. The fourth-order valence-corrected chi connectivity index (χ4v) is 4.92. The first-order chi connectivity index (χ1) is 12.5. The van der Waals surface area contributed by atoms with E-state index in [9.17, 15) is 13.2 Å². The summed E-state index contributed by atoms with van der Waals surface area (Å²) in [5.41, 5.74) is 0.518. The Bertz CT molecular complexity index is 712. The van der Waals surface area contributed by atoms with Gasteiger partial charge in [-0.3, -0.25) is 4.79 Å². The van der Waals surface area contributed by atoms with Gasteiger partial charge in [-0.25, -0.2) is 8.42 Å². The Hall–Kier alpha value is -1.48. The third kappa shape index (κ3) is 4.25. The predicted molar refractivity (Wildman–Crippen MR) is 96.5 cm³/mol. The highest BCUT2D eigenvalue weighted by molar-refractivity contribution is 7.89. The second-order valence-corrected chi connectivity index (χ2v) is 8.69. The van der Waals surface area contributed by atoms with E-state index >= 15 is 0 Å². The summed E-state index contributed by atoms with van der Waals surface area (Å²) in [4.78, 5) is 14.8. The summed E-state index contributed by atoms with van der Waals surface area (Å²) in [6, 6.07) is 6.26. The predicted octanol–water partition coefficient (Wildman–Crippen LogP) is 1.21. The summed E-state index contributed by atoms with van der Waals surface area (Å²) in [5.74, 6) is 0.305. The van der Waals surface area contributed by atoms with Crippen LogP contribution in [0.5, 0.6) is 0 Å². The van der Waals surface area contributed by atoms with Crippen molar-refractivity contribution < 1.29 is 22.7 Å². The minimum atomic E-state index is -3.53. The summed E-state index contributed by atoms with van der Waals surface area (Å²) in [6.45, 7) is 3.60. The number of rotatable bonds is 5. The quantitative estimate of drug-likeness (QED) is 0.765. The van der Waals surface area contributed by atoms with Crippen LogP contribution < -0.4 is 0 Å². The first-order valence-corrected chi connectivity index (χ1v) is 10.4. The minimum Gasteiger partial charge on any atom is -0.384 e. The lowest BCUT2D eigenvalue weighted by Gasteiger charge is -2.32. The van der Waals surface area contributed by atoms with Crippen LogP contribution in [0.4, 0.5) is 0 Å². The number of carbonyl (C=O) groups excluding carboxylic acids is 1. The van der Waals surface area contributed by atoms with Gasteiger partial charge in [0.2, 0.25) is 10.0 Å². The zero-order valence-electron chi connectivity index (χ0n) is 15.1. The van der Waals surface area contributed by atoms with E-state index in [4.69, 9.17) is 9.47 Å². The molecule has 3 rings (SSSR count). The topological polar surface area (TPSA) is 76.2 Å². The fourth-order valence-electron chi connectivity index (χ4n) is 3.51. The maximum absolute atomic E-state index is 12.7. The van der Waals surface area contributed by atoms with Crippen LogP contribution in [-0.4, -0.2) is 76.6 Å². The van der Waals surface area contributed by atoms with Gasteiger partial charge in [0, 0.05) is 38.9 Å². The summed E-state index contributed by atoms with van der Waals surface area (Å²) in [7, 11) is -1.86. The molecule has 2 aliphatic heterocycles. The summed E-state index contributed by atoms with van der Waals surface area (Å²) in [5, 5.41) is 0. The lowest BCUT2D eigenvalue weighted by molar-refractivity contribution is 0.0571. The van der Waals surface area contributed by atoms with Crippen LogP contribution in [-0.2, 0) is 19.5 Å². The highest BCUT2D eigenvalue weighted by Crippen LogP contribution is 2.21. The highest BCUT2D eigenvalue weighted by atomic mass is 32.2. The molecule has 1 aromatic carbocycles. The van der Waals surface area contributed by atoms with Crippen molar-refractivity contribution in [2.75, 3.05) is 53.1 Å². The normalized spacial score (nSPS) is 22.3. The van der Waals surface area contributed by atoms with Gasteiger partial charge in [-0.05, 0) is 43.0 Å². The van der Waals surface area contributed by atoms with Crippen LogP contribution in [0.2, 0.25) is 0 Å². The molecule has 0 radical (unpaired) electrons. The molecule has 2 fully saturated rings. The fraction of sp³-hybridized carbons (Fsp3) is 0.611. The average molecular weight is 382 g/mol. The van der Waals surface area contributed by atoms with Crippen molar-refractivity contribution in [3.8, 4) is 0 Å². The summed E-state index contributed by atoms with van der Waals surface area (Å²) in [6.07, 6.45) is 2.03. The number of morpholine rings is 1. The number of hydrogen-bond acceptors (Lipinski definition) is 5. The van der Waals surface area contributed by atoms with Crippen molar-refractivity contribution in [1.82, 2.24) is 9.21 Å². The SMILES string of the molecule is COCC1CCCN(C(=O)c2ccc(S(=O)(=O)N3CCOCC3)cc2)C1. The highest BCUT2D eigenvalue weighted by Gasteiger charge is 2.28. The molecule has 1 aromatic rings. The smallest absolute Gasteiger partial charge is 0.253 e. The third-order valence-electron chi connectivity index (χ3n) is 4.92. The Labute approximate surface area is 154 Å². The van der Waals surface area contributed by atoms with Crippen LogP contribution >= 0.6 is 0 Å². The third-order valence-corrected chi connectivity index (χ3v) is 6.83. The zero-order chi connectivity index (χ0) is 18.6. The Morgan fingerprint density at radius 3 is 2.54 bits per heavy atom. The Kier molecular flexibility index (Phi) is 6.29. The molecule has 8 heteroatoms. The number of sulfonamides is 1. The van der Waals surface area contributed by atoms with Gasteiger partial charge in [0.25, 0.3) is 5.91 Å². The number of carbonyl (C=O) groups is 1. The van der Waals surface area contributed by atoms with E-state index in [-0.39, 0.29) is 10.8 Å². The molecule has 26 heavy (non-hydrogen) atoms. The zero-order valence-corrected chi connectivity index (χ0v) is 15.9. The van der Waals surface area contributed by atoms with Crippen molar-refractivity contribution >= 4 is 15.9 Å². The van der Waals surface area contributed by atoms with Crippen molar-refractivity contribution in [3.05, 3.63) is 29.8 Å². The molecule has 1 atom stereocenters. The number of methoxy groups -OCH3 is 1. The number of benzene rings is 1. The van der Waals surface area contributed by atoms with Crippen LogP contribution in [0.1, 0.15) is 23.2 Å². The molecule has 7 nitrogen and oxygen atoms in total. The van der Waals surface area contributed by atoms with E-state index in [1.54, 1.807) is 19.2 Å². The standard InChI is InChI=1S/C18H26N2O5S/c1-24-14-15-3-2-8-19(13-15)18(21)16-4-6-17(7-5-16)26(22,23)20-9-11-25-12-10-20/h4-7,15H,2-3,8-14H2,1H3. The first kappa shape index (κ1) is 19.3. The Morgan fingerprint density at radius 1 is 1.19 bits per heavy atom. The van der Waals surface area contributed by atoms with Crippen LogP contribution in [0.15, 0.2) is 29.2 Å². The molecule has 0 N–H and O–H groups in total. The van der Waals surface area contributed by atoms with Crippen LogP contribution in [0.25, 0.3) is 0 Å². The van der Waals surface area contributed by atoms with Gasteiger partial charge in [-0.2, -0.15) is 4.31 Å². The molecular weight excluding hydrogens is 356 g/mol. The summed E-state index contributed by atoms with van der Waals surface area (Å²) >= 11 is 0. The van der Waals surface area contributed by atoms with E-state index in [0.717, 1.165) is 19.4 Å². The molecule has 2 saturated heterocycles. The van der Waals surface area contributed by atoms with Crippen molar-refractivity contribution in [3.63, 3.8) is 0 Å². The molecule has 2 aliphatic rings. The average Bonchev–Trinajstić information content (AvgIpc) is 2.69. The number of likely N-dealkylation sites (tertiary alicyclic amines) is 1. The Morgan fingerprint density at radius 2 is 1.88 bits per heavy atom. The summed E-state index contributed by atoms with van der Waals surface area (Å²) < 4.78 is 37.1. The Balaban J connectivity index is 1.69. The molecule has 144 valence electrons. The van der Waals surface area contributed by atoms with Crippen LogP contribution in [0, 0.1) is 5.92 Å². The molecule has 2 heterocycles. The number of piperidine rings is 1. The molecule has 0 bridgehead atoms. The monoisotopic (exact) mass is 382 g/mol. The van der Waals surface area contributed by atoms with Crippen LogP contribution in [0.3, 0.4) is 0 Å². The molecule has 0 aromatic heterocycles. The number of amides is 1. The van der Waals surface area contributed by atoms with E-state index in [2.05, 4.69) is 0 Å². The number of hydrogen-bond donors (Lipinski definition) is 0. The van der Waals surface area contributed by atoms with E-state index in [1.165, 1.54) is 16.4 Å². The van der Waals surface area contributed by atoms with Gasteiger partial charge in [0.15, 0.2) is 0 Å².